The molecule has 3 aromatic rings. The molecule has 0 saturated carbocycles. The number of aryl methyl sites for hydroxylation is 3. The molecule has 6 nitrogen and oxygen atoms in total. The fraction of sp³-hybridized carbons (Fsp3) is 0.240. The van der Waals surface area contributed by atoms with Crippen LogP contribution in [0.5, 0.6) is 5.75 Å². The van der Waals surface area contributed by atoms with Gasteiger partial charge in [-0.25, -0.2) is 8.42 Å². The molecule has 168 valence electrons. The molecule has 3 rings (SSSR count). The Labute approximate surface area is 189 Å². The van der Waals surface area contributed by atoms with Gasteiger partial charge in [0.1, 0.15) is 5.75 Å². The predicted octanol–water partition coefficient (Wildman–Crippen LogP) is 4.15. The van der Waals surface area contributed by atoms with Crippen molar-refractivity contribution >= 4 is 21.6 Å². The van der Waals surface area contributed by atoms with Gasteiger partial charge < -0.3 is 10.1 Å². The maximum absolute atomic E-state index is 12.7. The van der Waals surface area contributed by atoms with Gasteiger partial charge in [-0.05, 0) is 79.8 Å². The number of sulfonamides is 1. The molecule has 0 saturated heterocycles. The number of ether oxygens (including phenoxy) is 1. The molecule has 0 aromatic heterocycles. The van der Waals surface area contributed by atoms with Crippen LogP contribution in [-0.2, 0) is 21.2 Å². The van der Waals surface area contributed by atoms with Crippen molar-refractivity contribution in [2.24, 2.45) is 0 Å². The van der Waals surface area contributed by atoms with Crippen LogP contribution in [0.25, 0.3) is 0 Å². The van der Waals surface area contributed by atoms with Crippen LogP contribution in [0.15, 0.2) is 71.6 Å². The first-order chi connectivity index (χ1) is 15.2. The highest BCUT2D eigenvalue weighted by molar-refractivity contribution is 7.92. The summed E-state index contributed by atoms with van der Waals surface area (Å²) in [6.07, 6.45) is 0.742. The zero-order chi connectivity index (χ0) is 23.1. The highest BCUT2D eigenvalue weighted by Gasteiger charge is 2.16. The molecule has 3 aromatic carbocycles. The standard InChI is InChI=1S/C25H28N2O4S/c1-18-9-10-22(15-19(18)2)27-32(29,30)23-11-12-24(20(3)16-23)31-17-25(28)26-14-13-21-7-5-4-6-8-21/h4-12,15-16,27H,13-14,17H2,1-3H3,(H,26,28). The Hall–Kier alpha value is -3.32. The number of benzene rings is 3. The van der Waals surface area contributed by atoms with Crippen molar-refractivity contribution in [2.45, 2.75) is 32.1 Å². The fourth-order valence-electron chi connectivity index (χ4n) is 3.16. The number of nitrogens with one attached hydrogen (secondary N) is 2. The van der Waals surface area contributed by atoms with E-state index in [-0.39, 0.29) is 17.4 Å². The minimum Gasteiger partial charge on any atom is -0.484 e. The van der Waals surface area contributed by atoms with E-state index in [1.165, 1.54) is 12.1 Å². The molecule has 0 aliphatic carbocycles. The summed E-state index contributed by atoms with van der Waals surface area (Å²) < 4.78 is 33.7. The molecule has 0 aliphatic heterocycles. The van der Waals surface area contributed by atoms with Gasteiger partial charge in [-0.15, -0.1) is 0 Å². The Bertz CT molecular complexity index is 1190. The Morgan fingerprint density at radius 2 is 1.62 bits per heavy atom. The monoisotopic (exact) mass is 452 g/mol. The largest absolute Gasteiger partial charge is 0.484 e. The second-order valence-electron chi connectivity index (χ2n) is 7.71. The van der Waals surface area contributed by atoms with Crippen molar-refractivity contribution in [3.8, 4) is 5.75 Å². The SMILES string of the molecule is Cc1ccc(NS(=O)(=O)c2ccc(OCC(=O)NCCc3ccccc3)c(C)c2)cc1C. The zero-order valence-electron chi connectivity index (χ0n) is 18.5. The van der Waals surface area contributed by atoms with Gasteiger partial charge in [0.15, 0.2) is 6.61 Å². The summed E-state index contributed by atoms with van der Waals surface area (Å²) in [6.45, 7) is 6.04. The lowest BCUT2D eigenvalue weighted by Crippen LogP contribution is -2.30. The molecule has 32 heavy (non-hydrogen) atoms. The Morgan fingerprint density at radius 3 is 2.31 bits per heavy atom. The van der Waals surface area contributed by atoms with Gasteiger partial charge in [-0.2, -0.15) is 0 Å². The molecule has 0 atom stereocenters. The van der Waals surface area contributed by atoms with E-state index in [9.17, 15) is 13.2 Å². The minimum atomic E-state index is -3.74. The highest BCUT2D eigenvalue weighted by atomic mass is 32.2. The molecule has 1 amide bonds. The van der Waals surface area contributed by atoms with Crippen LogP contribution in [0.4, 0.5) is 5.69 Å². The van der Waals surface area contributed by atoms with E-state index in [0.29, 0.717) is 23.5 Å². The Morgan fingerprint density at radius 1 is 0.875 bits per heavy atom. The number of hydrogen-bond acceptors (Lipinski definition) is 4. The lowest BCUT2D eigenvalue weighted by molar-refractivity contribution is -0.123. The summed E-state index contributed by atoms with van der Waals surface area (Å²) in [4.78, 5) is 12.2. The maximum atomic E-state index is 12.7. The zero-order valence-corrected chi connectivity index (χ0v) is 19.3. The molecule has 0 radical (unpaired) electrons. The first-order valence-corrected chi connectivity index (χ1v) is 11.9. The summed E-state index contributed by atoms with van der Waals surface area (Å²) in [5.41, 5.74) is 4.39. The van der Waals surface area contributed by atoms with Crippen LogP contribution >= 0.6 is 0 Å². The lowest BCUT2D eigenvalue weighted by Gasteiger charge is -2.13. The third kappa shape index (κ3) is 6.34. The topological polar surface area (TPSA) is 84.5 Å². The summed E-state index contributed by atoms with van der Waals surface area (Å²) >= 11 is 0. The first-order valence-electron chi connectivity index (χ1n) is 10.4. The van der Waals surface area contributed by atoms with E-state index in [1.807, 2.05) is 50.2 Å². The molecule has 0 fully saturated rings. The van der Waals surface area contributed by atoms with Crippen LogP contribution in [-0.4, -0.2) is 27.5 Å². The molecule has 7 heteroatoms. The maximum Gasteiger partial charge on any atom is 0.261 e. The molecule has 2 N–H and O–H groups in total. The van der Waals surface area contributed by atoms with E-state index in [1.54, 1.807) is 25.1 Å². The number of hydrogen-bond donors (Lipinski definition) is 2. The average molecular weight is 453 g/mol. The van der Waals surface area contributed by atoms with Gasteiger partial charge in [0.05, 0.1) is 4.90 Å². The quantitative estimate of drug-likeness (QED) is 0.511. The van der Waals surface area contributed by atoms with Gasteiger partial charge in [-0.1, -0.05) is 36.4 Å². The van der Waals surface area contributed by atoms with Gasteiger partial charge >= 0.3 is 0 Å². The van der Waals surface area contributed by atoms with Crippen LogP contribution < -0.4 is 14.8 Å². The van der Waals surface area contributed by atoms with Crippen LogP contribution in [0.2, 0.25) is 0 Å². The predicted molar refractivity (Wildman–Crippen MR) is 127 cm³/mol. The second kappa shape index (κ2) is 10.3. The summed E-state index contributed by atoms with van der Waals surface area (Å²) in [5, 5.41) is 2.82. The van der Waals surface area contributed by atoms with Crippen LogP contribution in [0.3, 0.4) is 0 Å². The van der Waals surface area contributed by atoms with E-state index in [4.69, 9.17) is 4.74 Å². The molecule has 0 spiro atoms. The average Bonchev–Trinajstić information content (AvgIpc) is 2.76. The summed E-state index contributed by atoms with van der Waals surface area (Å²) in [5.74, 6) is 0.238. The minimum absolute atomic E-state index is 0.132. The van der Waals surface area contributed by atoms with Crippen LogP contribution in [0, 0.1) is 20.8 Å². The smallest absolute Gasteiger partial charge is 0.261 e. The van der Waals surface area contributed by atoms with Crippen molar-refractivity contribution in [1.82, 2.24) is 5.32 Å². The van der Waals surface area contributed by atoms with Crippen molar-refractivity contribution in [2.75, 3.05) is 17.9 Å². The fourth-order valence-corrected chi connectivity index (χ4v) is 4.29. The van der Waals surface area contributed by atoms with E-state index in [0.717, 1.165) is 23.1 Å². The Balaban J connectivity index is 1.55. The van der Waals surface area contributed by atoms with Crippen molar-refractivity contribution in [1.29, 1.82) is 0 Å². The van der Waals surface area contributed by atoms with Crippen LogP contribution in [0.1, 0.15) is 22.3 Å². The summed E-state index contributed by atoms with van der Waals surface area (Å²) in [6, 6.07) is 19.9. The van der Waals surface area contributed by atoms with E-state index < -0.39 is 10.0 Å². The number of amides is 1. The molecular weight excluding hydrogens is 424 g/mol. The second-order valence-corrected chi connectivity index (χ2v) is 9.39. The van der Waals surface area contributed by atoms with E-state index in [2.05, 4.69) is 10.0 Å². The number of carbonyl (C=O) groups is 1. The molecular formula is C25H28N2O4S. The molecule has 0 bridgehead atoms. The van der Waals surface area contributed by atoms with Gasteiger partial charge in [-0.3, -0.25) is 9.52 Å². The number of anilines is 1. The number of carbonyl (C=O) groups excluding carboxylic acids is 1. The van der Waals surface area contributed by atoms with Crippen molar-refractivity contribution in [3.05, 3.63) is 89.0 Å². The van der Waals surface area contributed by atoms with Gasteiger partial charge in [0.25, 0.3) is 15.9 Å². The highest BCUT2D eigenvalue weighted by Crippen LogP contribution is 2.24. The van der Waals surface area contributed by atoms with E-state index >= 15 is 0 Å². The lowest BCUT2D eigenvalue weighted by atomic mass is 10.1. The molecule has 0 heterocycles. The van der Waals surface area contributed by atoms with Crippen molar-refractivity contribution < 1.29 is 17.9 Å². The molecule has 0 unspecified atom stereocenters. The third-order valence-corrected chi connectivity index (χ3v) is 6.53. The van der Waals surface area contributed by atoms with Crippen molar-refractivity contribution in [3.63, 3.8) is 0 Å². The number of rotatable bonds is 9. The molecule has 0 aliphatic rings. The Kier molecular flexibility index (Phi) is 7.53. The van der Waals surface area contributed by atoms with Gasteiger partial charge in [0, 0.05) is 12.2 Å². The first kappa shape index (κ1) is 23.3. The normalized spacial score (nSPS) is 11.1. The van der Waals surface area contributed by atoms with Gasteiger partial charge in [0.2, 0.25) is 0 Å². The third-order valence-electron chi connectivity index (χ3n) is 5.15. The summed E-state index contributed by atoms with van der Waals surface area (Å²) in [7, 11) is -3.74.